The molecule has 2 aliphatic rings. The van der Waals surface area contributed by atoms with Crippen molar-refractivity contribution in [3.8, 4) is 0 Å². The van der Waals surface area contributed by atoms with Crippen LogP contribution in [-0.2, 0) is 16.0 Å². The lowest BCUT2D eigenvalue weighted by molar-refractivity contribution is -0.111. The third-order valence-corrected chi connectivity index (χ3v) is 4.78. The highest BCUT2D eigenvalue weighted by Gasteiger charge is 2.43. The molecule has 1 saturated carbocycles. The lowest BCUT2D eigenvalue weighted by atomic mass is 10.1. The molecule has 0 radical (unpaired) electrons. The Bertz CT molecular complexity index is 406. The van der Waals surface area contributed by atoms with Crippen molar-refractivity contribution in [1.82, 2.24) is 4.90 Å². The molecule has 4 heteroatoms. The van der Waals surface area contributed by atoms with E-state index in [0.29, 0.717) is 12.6 Å². The van der Waals surface area contributed by atoms with Crippen molar-refractivity contribution < 1.29 is 9.47 Å². The molecule has 0 bridgehead atoms. The Morgan fingerprint density at radius 3 is 3.26 bits per heavy atom. The van der Waals surface area contributed by atoms with Crippen molar-refractivity contribution >= 4 is 11.3 Å². The Labute approximate surface area is 118 Å². The number of morpholine rings is 1. The fourth-order valence-corrected chi connectivity index (χ4v) is 3.84. The summed E-state index contributed by atoms with van der Waals surface area (Å²) in [5.41, 5.74) is 1.42. The molecule has 3 rings (SSSR count). The average Bonchev–Trinajstić information content (AvgIpc) is 3.06. The minimum atomic E-state index is 0.243. The van der Waals surface area contributed by atoms with Gasteiger partial charge in [0.15, 0.2) is 0 Å². The van der Waals surface area contributed by atoms with Crippen LogP contribution in [0.3, 0.4) is 0 Å². The summed E-state index contributed by atoms with van der Waals surface area (Å²) >= 11 is 1.77. The Balaban J connectivity index is 1.63. The van der Waals surface area contributed by atoms with E-state index in [4.69, 9.17) is 9.47 Å². The van der Waals surface area contributed by atoms with Gasteiger partial charge in [-0.1, -0.05) is 6.08 Å². The first-order chi connectivity index (χ1) is 9.38. The van der Waals surface area contributed by atoms with E-state index in [0.717, 1.165) is 26.1 Å². The molecular formula is C15H21NO2S. The summed E-state index contributed by atoms with van der Waals surface area (Å²) in [6.45, 7) is 7.24. The standard InChI is InChI=1S/C15H21NO2S/c1-2-7-17-14-4-3-13-15(14)18-8-6-16(13)10-12-5-9-19-11-12/h2,5,9,11,13-15H,1,3-4,6-8,10H2/t13-,14-,15-/m1/s1. The molecule has 2 heterocycles. The molecule has 3 atom stereocenters. The van der Waals surface area contributed by atoms with Gasteiger partial charge in [0.1, 0.15) is 0 Å². The first-order valence-corrected chi connectivity index (χ1v) is 7.92. The van der Waals surface area contributed by atoms with E-state index in [9.17, 15) is 0 Å². The van der Waals surface area contributed by atoms with E-state index in [1.807, 2.05) is 6.08 Å². The summed E-state index contributed by atoms with van der Waals surface area (Å²) in [7, 11) is 0. The van der Waals surface area contributed by atoms with Crippen LogP contribution in [-0.4, -0.2) is 42.9 Å². The summed E-state index contributed by atoms with van der Waals surface area (Å²) in [6.07, 6.45) is 4.58. The normalized spacial score (nSPS) is 31.3. The van der Waals surface area contributed by atoms with Crippen LogP contribution in [0, 0.1) is 0 Å². The van der Waals surface area contributed by atoms with Crippen molar-refractivity contribution in [2.75, 3.05) is 19.8 Å². The minimum absolute atomic E-state index is 0.243. The molecule has 3 nitrogen and oxygen atoms in total. The highest BCUT2D eigenvalue weighted by molar-refractivity contribution is 7.07. The zero-order valence-electron chi connectivity index (χ0n) is 11.2. The highest BCUT2D eigenvalue weighted by atomic mass is 32.1. The molecule has 2 fully saturated rings. The summed E-state index contributed by atoms with van der Waals surface area (Å²) in [5, 5.41) is 4.39. The highest BCUT2D eigenvalue weighted by Crippen LogP contribution is 2.33. The molecule has 0 unspecified atom stereocenters. The number of rotatable bonds is 5. The number of thiophene rings is 1. The molecule has 0 aromatic carbocycles. The quantitative estimate of drug-likeness (QED) is 0.774. The molecule has 0 spiro atoms. The predicted octanol–water partition coefficient (Wildman–Crippen LogP) is 2.68. The number of nitrogens with zero attached hydrogens (tertiary/aromatic N) is 1. The van der Waals surface area contributed by atoms with Crippen molar-refractivity contribution in [1.29, 1.82) is 0 Å². The monoisotopic (exact) mass is 279 g/mol. The summed E-state index contributed by atoms with van der Waals surface area (Å²) in [5.74, 6) is 0. The topological polar surface area (TPSA) is 21.7 Å². The fourth-order valence-electron chi connectivity index (χ4n) is 3.18. The maximum absolute atomic E-state index is 5.96. The second kappa shape index (κ2) is 6.18. The van der Waals surface area contributed by atoms with Gasteiger partial charge in [0.05, 0.1) is 25.4 Å². The molecule has 1 saturated heterocycles. The Morgan fingerprint density at radius 2 is 2.47 bits per heavy atom. The van der Waals surface area contributed by atoms with Crippen molar-refractivity contribution in [2.24, 2.45) is 0 Å². The van der Waals surface area contributed by atoms with Gasteiger partial charge in [0.2, 0.25) is 0 Å². The van der Waals surface area contributed by atoms with Crippen LogP contribution in [0.1, 0.15) is 18.4 Å². The molecule has 1 aliphatic heterocycles. The summed E-state index contributed by atoms with van der Waals surface area (Å²) in [6, 6.07) is 2.74. The molecule has 19 heavy (non-hydrogen) atoms. The predicted molar refractivity (Wildman–Crippen MR) is 77.4 cm³/mol. The van der Waals surface area contributed by atoms with Gasteiger partial charge in [0, 0.05) is 19.1 Å². The molecular weight excluding hydrogens is 258 g/mol. The van der Waals surface area contributed by atoms with E-state index in [-0.39, 0.29) is 12.2 Å². The van der Waals surface area contributed by atoms with Crippen LogP contribution >= 0.6 is 11.3 Å². The van der Waals surface area contributed by atoms with Gasteiger partial charge in [0.25, 0.3) is 0 Å². The van der Waals surface area contributed by atoms with E-state index in [1.54, 1.807) is 11.3 Å². The van der Waals surface area contributed by atoms with Gasteiger partial charge in [-0.2, -0.15) is 11.3 Å². The maximum Gasteiger partial charge on any atom is 0.0992 e. The SMILES string of the molecule is C=CCO[C@@H]1CC[C@@H]2[C@H]1OCCN2Cc1ccsc1. The van der Waals surface area contributed by atoms with Crippen molar-refractivity contribution in [3.63, 3.8) is 0 Å². The fraction of sp³-hybridized carbons (Fsp3) is 0.600. The molecule has 0 N–H and O–H groups in total. The average molecular weight is 279 g/mol. The van der Waals surface area contributed by atoms with Gasteiger partial charge in [-0.25, -0.2) is 0 Å². The van der Waals surface area contributed by atoms with Crippen LogP contribution in [0.4, 0.5) is 0 Å². The number of ether oxygens (including phenoxy) is 2. The smallest absolute Gasteiger partial charge is 0.0992 e. The van der Waals surface area contributed by atoms with Gasteiger partial charge in [-0.3, -0.25) is 4.90 Å². The lowest BCUT2D eigenvalue weighted by Gasteiger charge is -2.38. The minimum Gasteiger partial charge on any atom is -0.373 e. The van der Waals surface area contributed by atoms with Gasteiger partial charge < -0.3 is 9.47 Å². The first kappa shape index (κ1) is 13.3. The van der Waals surface area contributed by atoms with E-state index in [2.05, 4.69) is 28.3 Å². The third-order valence-electron chi connectivity index (χ3n) is 4.04. The molecule has 1 aliphatic carbocycles. The van der Waals surface area contributed by atoms with Gasteiger partial charge in [-0.15, -0.1) is 6.58 Å². The first-order valence-electron chi connectivity index (χ1n) is 6.97. The van der Waals surface area contributed by atoms with Crippen LogP contribution in [0.5, 0.6) is 0 Å². The van der Waals surface area contributed by atoms with Crippen LogP contribution in [0.15, 0.2) is 29.5 Å². The van der Waals surface area contributed by atoms with E-state index < -0.39 is 0 Å². The molecule has 1 aromatic heterocycles. The van der Waals surface area contributed by atoms with Gasteiger partial charge in [-0.05, 0) is 35.2 Å². The molecule has 0 amide bonds. The van der Waals surface area contributed by atoms with Crippen LogP contribution in [0.2, 0.25) is 0 Å². The molecule has 1 aromatic rings. The number of fused-ring (bicyclic) bond motifs is 1. The Morgan fingerprint density at radius 1 is 1.53 bits per heavy atom. The summed E-state index contributed by atoms with van der Waals surface area (Å²) < 4.78 is 11.8. The second-order valence-electron chi connectivity index (χ2n) is 5.24. The lowest BCUT2D eigenvalue weighted by Crippen LogP contribution is -2.51. The molecule has 104 valence electrons. The maximum atomic E-state index is 5.96. The van der Waals surface area contributed by atoms with Crippen LogP contribution < -0.4 is 0 Å². The van der Waals surface area contributed by atoms with Crippen molar-refractivity contribution in [2.45, 2.75) is 37.6 Å². The summed E-state index contributed by atoms with van der Waals surface area (Å²) in [4.78, 5) is 2.56. The number of hydrogen-bond donors (Lipinski definition) is 0. The van der Waals surface area contributed by atoms with Crippen molar-refractivity contribution in [3.05, 3.63) is 35.0 Å². The van der Waals surface area contributed by atoms with Crippen LogP contribution in [0.25, 0.3) is 0 Å². The number of hydrogen-bond acceptors (Lipinski definition) is 4. The zero-order chi connectivity index (χ0) is 13.1. The zero-order valence-corrected chi connectivity index (χ0v) is 12.0. The van der Waals surface area contributed by atoms with E-state index in [1.165, 1.54) is 12.0 Å². The van der Waals surface area contributed by atoms with E-state index >= 15 is 0 Å². The Hall–Kier alpha value is -0.680. The van der Waals surface area contributed by atoms with Gasteiger partial charge >= 0.3 is 0 Å². The second-order valence-corrected chi connectivity index (χ2v) is 6.02. The Kier molecular flexibility index (Phi) is 4.33. The third kappa shape index (κ3) is 2.92. The largest absolute Gasteiger partial charge is 0.373 e.